The summed E-state index contributed by atoms with van der Waals surface area (Å²) in [6.07, 6.45) is -2.96. The van der Waals surface area contributed by atoms with Crippen molar-refractivity contribution in [2.75, 3.05) is 27.2 Å². The monoisotopic (exact) mass is 623 g/mol. The Kier molecular flexibility index (Phi) is 8.17. The molecule has 4 aliphatic rings. The van der Waals surface area contributed by atoms with Gasteiger partial charge in [-0.25, -0.2) is 0 Å². The normalized spacial score (nSPS) is 32.7. The quantitative estimate of drug-likeness (QED) is 0.397. The smallest absolute Gasteiger partial charge is 0.507 e. The molecule has 5 rings (SSSR count). The molecule has 7 atom stereocenters. The van der Waals surface area contributed by atoms with Crippen LogP contribution in [0.2, 0.25) is 0 Å². The number of ketones is 4. The first-order valence-electron chi connectivity index (χ1n) is 14.8. The number of carbonyl (C=O) groups is 5. The van der Waals surface area contributed by atoms with Crippen LogP contribution < -0.4 is 10.5 Å². The van der Waals surface area contributed by atoms with Crippen molar-refractivity contribution in [2.45, 2.75) is 69.5 Å². The molecule has 3 aliphatic carbocycles. The number of phenols is 1. The molecule has 240 valence electrons. The van der Waals surface area contributed by atoms with Gasteiger partial charge in [0, 0.05) is 23.1 Å². The van der Waals surface area contributed by atoms with E-state index < -0.39 is 93.8 Å². The summed E-state index contributed by atoms with van der Waals surface area (Å²) in [7, 11) is 2.89. The van der Waals surface area contributed by atoms with Crippen LogP contribution in [0.1, 0.15) is 66.6 Å². The number of likely N-dealkylation sites (N-methyl/N-ethyl adjacent to an activating group) is 1. The molecule has 7 unspecified atom stereocenters. The molecule has 3 fully saturated rings. The summed E-state index contributed by atoms with van der Waals surface area (Å²) in [5.74, 6) is -13.6. The number of amides is 1. The number of carbonyl (C=O) groups excluding carboxylic acids is 5. The number of fused-ring (bicyclic) bond motifs is 3. The van der Waals surface area contributed by atoms with Gasteiger partial charge in [0.15, 0.2) is 34.7 Å². The van der Waals surface area contributed by atoms with Crippen LogP contribution in [0, 0.1) is 23.7 Å². The Hall–Kier alpha value is -3.36. The Morgan fingerprint density at radius 1 is 1.18 bits per heavy atom. The summed E-state index contributed by atoms with van der Waals surface area (Å²) in [6, 6.07) is -0.773. The van der Waals surface area contributed by atoms with Crippen LogP contribution in [-0.4, -0.2) is 94.2 Å². The van der Waals surface area contributed by atoms with Crippen molar-refractivity contribution >= 4 is 29.0 Å². The molecule has 4 N–H and O–H groups in total. The van der Waals surface area contributed by atoms with Crippen LogP contribution in [0.3, 0.4) is 0 Å². The lowest BCUT2D eigenvalue weighted by molar-refractivity contribution is -0.275. The molecule has 1 aromatic carbocycles. The Morgan fingerprint density at radius 3 is 2.45 bits per heavy atom. The summed E-state index contributed by atoms with van der Waals surface area (Å²) >= 11 is 0. The fourth-order valence-electron chi connectivity index (χ4n) is 8.06. The number of ether oxygens (including phenoxy) is 1. The highest BCUT2D eigenvalue weighted by Gasteiger charge is 2.69. The lowest BCUT2D eigenvalue weighted by Crippen LogP contribution is -2.74. The van der Waals surface area contributed by atoms with Gasteiger partial charge in [0.1, 0.15) is 11.5 Å². The largest absolute Gasteiger partial charge is 0.573 e. The van der Waals surface area contributed by atoms with Gasteiger partial charge in [-0.15, -0.1) is 13.2 Å². The number of benzene rings is 1. The van der Waals surface area contributed by atoms with Crippen molar-refractivity contribution in [3.63, 3.8) is 0 Å². The molecule has 0 aromatic heterocycles. The van der Waals surface area contributed by atoms with E-state index in [2.05, 4.69) is 4.74 Å². The molecule has 14 heteroatoms. The van der Waals surface area contributed by atoms with Gasteiger partial charge in [-0.3, -0.25) is 33.8 Å². The van der Waals surface area contributed by atoms with E-state index in [-0.39, 0.29) is 24.0 Å². The van der Waals surface area contributed by atoms with E-state index in [9.17, 15) is 47.4 Å². The minimum Gasteiger partial charge on any atom is -0.507 e. The van der Waals surface area contributed by atoms with Gasteiger partial charge in [-0.1, -0.05) is 13.3 Å². The van der Waals surface area contributed by atoms with Crippen molar-refractivity contribution in [2.24, 2.45) is 29.4 Å². The first-order chi connectivity index (χ1) is 20.5. The summed E-state index contributed by atoms with van der Waals surface area (Å²) in [5, 5.41) is 22.8. The summed E-state index contributed by atoms with van der Waals surface area (Å²) in [6.45, 7) is 3.16. The van der Waals surface area contributed by atoms with Crippen molar-refractivity contribution in [1.29, 1.82) is 0 Å². The molecule has 1 aromatic rings. The molecular formula is C30H36F3N3O8. The number of primary amides is 1. The van der Waals surface area contributed by atoms with Gasteiger partial charge < -0.3 is 20.7 Å². The van der Waals surface area contributed by atoms with Gasteiger partial charge in [0.2, 0.25) is 5.91 Å². The standard InChI is InChI=1S/C30H36F3N3O8/c1-4-8-36-9-6-5-7-17(36)14-12-18(37)20-15(25(14)44-30(31,32)33)10-13-11-16-22(35(2)3)24(39)21(28(34)42)27(41)29(16,43)26(40)19(13)23(20)38/h12-13,16-17,19,21-22,37,43H,4-11H2,1-3H3,(H2,34,42). The second-order valence-corrected chi connectivity index (χ2v) is 12.6. The van der Waals surface area contributed by atoms with Gasteiger partial charge >= 0.3 is 6.36 Å². The van der Waals surface area contributed by atoms with E-state index in [1.165, 1.54) is 19.0 Å². The number of hydrogen-bond donors (Lipinski definition) is 3. The zero-order chi connectivity index (χ0) is 32.5. The molecule has 2 saturated carbocycles. The summed E-state index contributed by atoms with van der Waals surface area (Å²) < 4.78 is 46.3. The fraction of sp³-hybridized carbons (Fsp3) is 0.633. The van der Waals surface area contributed by atoms with Crippen LogP contribution in [0.4, 0.5) is 13.2 Å². The minimum atomic E-state index is -5.14. The number of phenolic OH excluding ortho intramolecular Hbond substituents is 1. The molecule has 0 radical (unpaired) electrons. The Labute approximate surface area is 251 Å². The minimum absolute atomic E-state index is 0.0788. The van der Waals surface area contributed by atoms with Gasteiger partial charge in [0.25, 0.3) is 0 Å². The lowest BCUT2D eigenvalue weighted by Gasteiger charge is -2.52. The number of likely N-dealkylation sites (tertiary alicyclic amines) is 1. The van der Waals surface area contributed by atoms with Crippen LogP contribution >= 0.6 is 0 Å². The van der Waals surface area contributed by atoms with Crippen LogP contribution in [-0.2, 0) is 25.6 Å². The average Bonchev–Trinajstić information content (AvgIpc) is 2.91. The average molecular weight is 624 g/mol. The Morgan fingerprint density at radius 2 is 1.86 bits per heavy atom. The molecule has 1 amide bonds. The second kappa shape index (κ2) is 11.2. The highest BCUT2D eigenvalue weighted by molar-refractivity contribution is 6.32. The van der Waals surface area contributed by atoms with E-state index in [4.69, 9.17) is 5.73 Å². The summed E-state index contributed by atoms with van der Waals surface area (Å²) in [5.41, 5.74) is 1.71. The number of aromatic hydroxyl groups is 1. The zero-order valence-corrected chi connectivity index (χ0v) is 24.6. The Bertz CT molecular complexity index is 1430. The molecule has 1 saturated heterocycles. The maximum atomic E-state index is 14.0. The topological polar surface area (TPSA) is 168 Å². The van der Waals surface area contributed by atoms with Crippen LogP contribution in [0.25, 0.3) is 0 Å². The molecular weight excluding hydrogens is 587 g/mol. The predicted octanol–water partition coefficient (Wildman–Crippen LogP) is 1.70. The van der Waals surface area contributed by atoms with Crippen LogP contribution in [0.15, 0.2) is 6.07 Å². The molecule has 11 nitrogen and oxygen atoms in total. The number of nitrogens with zero attached hydrogens (tertiary/aromatic N) is 2. The van der Waals surface area contributed by atoms with Crippen molar-refractivity contribution in [1.82, 2.24) is 9.80 Å². The molecule has 1 heterocycles. The third kappa shape index (κ3) is 4.91. The number of Topliss-reactive ketones (excluding diaryl/α,β-unsaturated/α-hetero) is 4. The number of nitrogens with two attached hydrogens (primary N) is 1. The van der Waals surface area contributed by atoms with E-state index >= 15 is 0 Å². The molecule has 1 aliphatic heterocycles. The number of rotatable bonds is 6. The maximum absolute atomic E-state index is 14.0. The number of aliphatic hydroxyl groups is 1. The number of halogens is 3. The van der Waals surface area contributed by atoms with Gasteiger partial charge in [0.05, 0.1) is 17.5 Å². The number of piperidine rings is 1. The third-order valence-electron chi connectivity index (χ3n) is 9.74. The Balaban J connectivity index is 1.67. The maximum Gasteiger partial charge on any atom is 0.573 e. The van der Waals surface area contributed by atoms with Gasteiger partial charge in [-0.05, 0) is 71.3 Å². The highest BCUT2D eigenvalue weighted by Crippen LogP contribution is 2.54. The van der Waals surface area contributed by atoms with Crippen molar-refractivity contribution in [3.05, 3.63) is 22.8 Å². The van der Waals surface area contributed by atoms with Gasteiger partial charge in [-0.2, -0.15) is 0 Å². The van der Waals surface area contributed by atoms with E-state index in [1.54, 1.807) is 0 Å². The molecule has 44 heavy (non-hydrogen) atoms. The second-order valence-electron chi connectivity index (χ2n) is 12.6. The van der Waals surface area contributed by atoms with Crippen LogP contribution in [0.5, 0.6) is 11.5 Å². The summed E-state index contributed by atoms with van der Waals surface area (Å²) in [4.78, 5) is 70.1. The number of alkyl halides is 3. The molecule has 0 spiro atoms. The SMILES string of the molecule is CCCN1CCCCC1c1cc(O)c2c(c1OC(F)(F)F)CC1CC3C(N(C)C)C(=O)C(C(N)=O)C(=O)C3(O)C(=O)C1C2=O. The predicted molar refractivity (Wildman–Crippen MR) is 146 cm³/mol. The van der Waals surface area contributed by atoms with E-state index in [0.717, 1.165) is 25.3 Å². The van der Waals surface area contributed by atoms with Crippen molar-refractivity contribution in [3.8, 4) is 11.5 Å². The van der Waals surface area contributed by atoms with E-state index in [0.29, 0.717) is 19.5 Å². The first kappa shape index (κ1) is 32.0. The molecule has 0 bridgehead atoms. The first-order valence-corrected chi connectivity index (χ1v) is 14.8. The zero-order valence-electron chi connectivity index (χ0n) is 24.6. The number of hydrogen-bond acceptors (Lipinski definition) is 10. The third-order valence-corrected chi connectivity index (χ3v) is 9.74. The fourth-order valence-corrected chi connectivity index (χ4v) is 8.06. The van der Waals surface area contributed by atoms with E-state index in [1.807, 2.05) is 11.8 Å². The van der Waals surface area contributed by atoms with Crippen molar-refractivity contribution < 1.29 is 52.1 Å². The highest BCUT2D eigenvalue weighted by atomic mass is 19.4. The lowest BCUT2D eigenvalue weighted by atomic mass is 9.52.